The standard InChI is InChI=1S/C47H80O17/c1-22(2)10-9-14-47(8,64-42-39(58)36(55)34(53)27(62-42)21-60-40-37(56)32(51)25(50)20-59-40)23-11-16-46(7)31(23)24(49)18-29-44(5)15-13-30(43(3,4)28(44)12-17-45(29,46)6)63-41-38(57)35(54)33(52)26(19-48)61-41/h10,23-42,48-58H,9,11-21H2,1-8H3/t23-,24+,25-,26+,27+,28-,29+,30-,31-,32-,33+,34+,35-,36-,37+,38+,39+,40+,41-,42-,44-,45+,46+,47-/m0/s1. The number of fused-ring (bicyclic) bond motifs is 5. The molecule has 7 fully saturated rings. The van der Waals surface area contributed by atoms with Crippen molar-refractivity contribution in [2.24, 2.45) is 45.3 Å². The van der Waals surface area contributed by atoms with E-state index in [2.05, 4.69) is 40.7 Å². The summed E-state index contributed by atoms with van der Waals surface area (Å²) in [6, 6.07) is 0. The fourth-order valence-corrected chi connectivity index (χ4v) is 14.5. The number of aliphatic hydroxyl groups excluding tert-OH is 11. The van der Waals surface area contributed by atoms with Gasteiger partial charge in [0, 0.05) is 0 Å². The zero-order chi connectivity index (χ0) is 47.1. The van der Waals surface area contributed by atoms with Gasteiger partial charge in [0.1, 0.15) is 67.1 Å². The highest BCUT2D eigenvalue weighted by Crippen LogP contribution is 2.76. The molecule has 3 saturated heterocycles. The molecule has 64 heavy (non-hydrogen) atoms. The van der Waals surface area contributed by atoms with Crippen molar-refractivity contribution in [2.45, 2.75) is 217 Å². The molecule has 0 bridgehead atoms. The molecule has 7 aliphatic rings. The summed E-state index contributed by atoms with van der Waals surface area (Å²) >= 11 is 0. The van der Waals surface area contributed by atoms with Crippen LogP contribution in [0.5, 0.6) is 0 Å². The third kappa shape index (κ3) is 8.60. The molecule has 24 atom stereocenters. The van der Waals surface area contributed by atoms with Gasteiger partial charge in [0.05, 0.1) is 37.6 Å². The topological polar surface area (TPSA) is 278 Å². The Morgan fingerprint density at radius 1 is 0.672 bits per heavy atom. The Hall–Kier alpha value is -0.940. The summed E-state index contributed by atoms with van der Waals surface area (Å²) in [5.74, 6) is -0.0478. The molecule has 0 aromatic rings. The normalized spacial score (nSPS) is 52.5. The smallest absolute Gasteiger partial charge is 0.187 e. The van der Waals surface area contributed by atoms with Crippen LogP contribution in [-0.4, -0.2) is 180 Å². The maximum Gasteiger partial charge on any atom is 0.187 e. The van der Waals surface area contributed by atoms with Gasteiger partial charge in [0.25, 0.3) is 0 Å². The molecule has 0 radical (unpaired) electrons. The van der Waals surface area contributed by atoms with Crippen LogP contribution in [0, 0.1) is 45.3 Å². The van der Waals surface area contributed by atoms with Gasteiger partial charge in [0.15, 0.2) is 18.9 Å². The molecule has 370 valence electrons. The lowest BCUT2D eigenvalue weighted by atomic mass is 9.35. The van der Waals surface area contributed by atoms with Crippen LogP contribution in [-0.2, 0) is 28.4 Å². The first-order chi connectivity index (χ1) is 29.9. The van der Waals surface area contributed by atoms with Crippen LogP contribution in [0.1, 0.15) is 113 Å². The predicted octanol–water partition coefficient (Wildman–Crippen LogP) is 0.612. The van der Waals surface area contributed by atoms with Crippen LogP contribution in [0.15, 0.2) is 11.6 Å². The number of rotatable bonds is 12. The molecule has 17 nitrogen and oxygen atoms in total. The molecule has 7 rings (SSSR count). The van der Waals surface area contributed by atoms with Crippen molar-refractivity contribution in [2.75, 3.05) is 19.8 Å². The van der Waals surface area contributed by atoms with E-state index in [1.807, 2.05) is 20.8 Å². The molecule has 3 aliphatic heterocycles. The molecule has 0 aromatic heterocycles. The van der Waals surface area contributed by atoms with Crippen molar-refractivity contribution in [3.05, 3.63) is 11.6 Å². The fourth-order valence-electron chi connectivity index (χ4n) is 14.5. The van der Waals surface area contributed by atoms with Crippen LogP contribution < -0.4 is 0 Å². The number of allylic oxidation sites excluding steroid dienone is 2. The first-order valence-corrected chi connectivity index (χ1v) is 23.8. The minimum absolute atomic E-state index is 0.149. The van der Waals surface area contributed by atoms with E-state index in [-0.39, 0.29) is 52.6 Å². The molecule has 11 N–H and O–H groups in total. The first-order valence-electron chi connectivity index (χ1n) is 23.8. The minimum Gasteiger partial charge on any atom is -0.394 e. The lowest BCUT2D eigenvalue weighted by Gasteiger charge is -2.71. The summed E-state index contributed by atoms with van der Waals surface area (Å²) < 4.78 is 36.5. The van der Waals surface area contributed by atoms with Gasteiger partial charge in [-0.05, 0) is 124 Å². The number of aliphatic hydroxyl groups is 11. The largest absolute Gasteiger partial charge is 0.394 e. The Kier molecular flexibility index (Phi) is 14.9. The van der Waals surface area contributed by atoms with Gasteiger partial charge < -0.3 is 84.6 Å². The van der Waals surface area contributed by atoms with E-state index in [9.17, 15) is 56.2 Å². The van der Waals surface area contributed by atoms with E-state index in [4.69, 9.17) is 28.4 Å². The highest BCUT2D eigenvalue weighted by Gasteiger charge is 2.72. The molecule has 0 amide bonds. The lowest BCUT2D eigenvalue weighted by Crippen LogP contribution is -2.67. The molecule has 0 unspecified atom stereocenters. The number of ether oxygens (including phenoxy) is 6. The zero-order valence-corrected chi connectivity index (χ0v) is 39.0. The average Bonchev–Trinajstić information content (AvgIpc) is 3.62. The molecule has 17 heteroatoms. The van der Waals surface area contributed by atoms with E-state index in [1.165, 1.54) is 0 Å². The molecular formula is C47H80O17. The van der Waals surface area contributed by atoms with Crippen LogP contribution in [0.25, 0.3) is 0 Å². The highest BCUT2D eigenvalue weighted by molar-refractivity contribution is 5.20. The maximum atomic E-state index is 12.7. The second-order valence-electron chi connectivity index (χ2n) is 22.5. The first kappa shape index (κ1) is 50.9. The molecular weight excluding hydrogens is 836 g/mol. The third-order valence-electron chi connectivity index (χ3n) is 18.4. The van der Waals surface area contributed by atoms with Crippen LogP contribution in [0.3, 0.4) is 0 Å². The van der Waals surface area contributed by atoms with Crippen molar-refractivity contribution in [1.29, 1.82) is 0 Å². The minimum atomic E-state index is -1.68. The molecule has 4 aliphatic carbocycles. The van der Waals surface area contributed by atoms with E-state index < -0.39 is 116 Å². The predicted molar refractivity (Wildman–Crippen MR) is 228 cm³/mol. The third-order valence-corrected chi connectivity index (χ3v) is 18.4. The van der Waals surface area contributed by atoms with Crippen LogP contribution >= 0.6 is 0 Å². The van der Waals surface area contributed by atoms with Gasteiger partial charge in [-0.3, -0.25) is 0 Å². The monoisotopic (exact) mass is 917 g/mol. The van der Waals surface area contributed by atoms with Crippen LogP contribution in [0.2, 0.25) is 0 Å². The second-order valence-corrected chi connectivity index (χ2v) is 22.5. The quantitative estimate of drug-likeness (QED) is 0.0946. The molecule has 4 saturated carbocycles. The van der Waals surface area contributed by atoms with Crippen molar-refractivity contribution >= 4 is 0 Å². The SMILES string of the molecule is CC(C)=CCC[C@](C)(O[C@@H]1O[C@H](CO[C@H]2OC[C@H](O)[C@H](O)[C@H]2O)[C@@H](O)[C@H](O)[C@H]1O)[C@H]1CC[C@]2(C)[C@@H]1[C@H](O)C[C@@H]1[C@@]3(C)CC[C@H](O[C@@H]4O[C@H](CO)[C@@H](O)[C@H](O)[C@H]4O)C(C)(C)[C@@H]3CC[C@]12C. The van der Waals surface area contributed by atoms with E-state index in [0.717, 1.165) is 37.7 Å². The van der Waals surface area contributed by atoms with Crippen molar-refractivity contribution < 1.29 is 84.6 Å². The van der Waals surface area contributed by atoms with Crippen molar-refractivity contribution in [3.63, 3.8) is 0 Å². The Labute approximate surface area is 377 Å². The van der Waals surface area contributed by atoms with Crippen LogP contribution in [0.4, 0.5) is 0 Å². The number of hydrogen-bond acceptors (Lipinski definition) is 17. The Morgan fingerprint density at radius 2 is 1.28 bits per heavy atom. The van der Waals surface area contributed by atoms with Crippen molar-refractivity contribution in [1.82, 2.24) is 0 Å². The summed E-state index contributed by atoms with van der Waals surface area (Å²) in [6.45, 7) is 16.3. The maximum absolute atomic E-state index is 12.7. The summed E-state index contributed by atoms with van der Waals surface area (Å²) in [6.07, 6.45) is -12.4. The summed E-state index contributed by atoms with van der Waals surface area (Å²) in [7, 11) is 0. The molecule has 3 heterocycles. The van der Waals surface area contributed by atoms with Gasteiger partial charge in [0.2, 0.25) is 0 Å². The van der Waals surface area contributed by atoms with E-state index in [1.54, 1.807) is 0 Å². The second kappa shape index (κ2) is 18.8. The average molecular weight is 917 g/mol. The molecule has 0 spiro atoms. The molecule has 0 aromatic carbocycles. The highest BCUT2D eigenvalue weighted by atomic mass is 16.7. The zero-order valence-electron chi connectivity index (χ0n) is 39.0. The number of hydrogen-bond donors (Lipinski definition) is 11. The Bertz CT molecular complexity index is 1630. The summed E-state index contributed by atoms with van der Waals surface area (Å²) in [5.41, 5.74) is -0.948. The Morgan fingerprint density at radius 3 is 1.94 bits per heavy atom. The lowest BCUT2D eigenvalue weighted by molar-refractivity contribution is -0.346. The van der Waals surface area contributed by atoms with Crippen molar-refractivity contribution in [3.8, 4) is 0 Å². The van der Waals surface area contributed by atoms with Gasteiger partial charge >= 0.3 is 0 Å². The van der Waals surface area contributed by atoms with Gasteiger partial charge in [-0.1, -0.05) is 46.3 Å². The van der Waals surface area contributed by atoms with E-state index >= 15 is 0 Å². The fraction of sp³-hybridized carbons (Fsp3) is 0.957. The summed E-state index contributed by atoms with van der Waals surface area (Å²) in [5, 5.41) is 118. The van der Waals surface area contributed by atoms with E-state index in [0.29, 0.717) is 25.7 Å². The van der Waals surface area contributed by atoms with Gasteiger partial charge in [-0.2, -0.15) is 0 Å². The van der Waals surface area contributed by atoms with Gasteiger partial charge in [-0.15, -0.1) is 0 Å². The summed E-state index contributed by atoms with van der Waals surface area (Å²) in [4.78, 5) is 0. The van der Waals surface area contributed by atoms with Gasteiger partial charge in [-0.25, -0.2) is 0 Å². The Balaban J connectivity index is 1.11.